The van der Waals surface area contributed by atoms with E-state index in [0.717, 1.165) is 22.3 Å². The van der Waals surface area contributed by atoms with Gasteiger partial charge in [-0.15, -0.1) is 35.4 Å². The van der Waals surface area contributed by atoms with Crippen molar-refractivity contribution in [2.75, 3.05) is 0 Å². The molecule has 0 aliphatic heterocycles. The summed E-state index contributed by atoms with van der Waals surface area (Å²) in [6.45, 7) is 18.5. The fourth-order valence-corrected chi connectivity index (χ4v) is 3.17. The Morgan fingerprint density at radius 3 is 0.921 bits per heavy atom. The molecule has 0 saturated carbocycles. The summed E-state index contributed by atoms with van der Waals surface area (Å²) in [5.74, 6) is 0.997. The van der Waals surface area contributed by atoms with E-state index in [1.165, 1.54) is 27.8 Å². The van der Waals surface area contributed by atoms with Crippen molar-refractivity contribution in [2.45, 2.75) is 62.3 Å². The van der Waals surface area contributed by atoms with Crippen LogP contribution in [0.2, 0.25) is 0 Å². The molecule has 0 bridgehead atoms. The number of hydrogen-bond donors (Lipinski definition) is 3. The predicted molar refractivity (Wildman–Crippen MR) is 149 cm³/mol. The van der Waals surface area contributed by atoms with E-state index in [1.54, 1.807) is 48.5 Å². The second-order valence-electron chi connectivity index (χ2n) is 8.74. The molecular formula is C33H38O3W2. The molecule has 0 aromatic heterocycles. The first-order valence-electron chi connectivity index (χ1n) is 11.8. The van der Waals surface area contributed by atoms with Gasteiger partial charge in [0.2, 0.25) is 0 Å². The molecule has 4 aromatic rings. The average molecular weight is 850 g/mol. The summed E-state index contributed by atoms with van der Waals surface area (Å²) in [6.07, 6.45) is 0. The average Bonchev–Trinajstić information content (AvgIpc) is 2.86. The zero-order valence-corrected chi connectivity index (χ0v) is 29.6. The van der Waals surface area contributed by atoms with Crippen LogP contribution in [0.25, 0.3) is 0 Å². The largest absolute Gasteiger partial charge is 2.00 e. The number of benzene rings is 4. The van der Waals surface area contributed by atoms with E-state index in [9.17, 15) is 5.11 Å². The second kappa shape index (κ2) is 18.8. The maximum Gasteiger partial charge on any atom is 2.00 e. The molecule has 0 spiro atoms. The Morgan fingerprint density at radius 1 is 0.421 bits per heavy atom. The van der Waals surface area contributed by atoms with Crippen molar-refractivity contribution in [1.82, 2.24) is 0 Å². The van der Waals surface area contributed by atoms with Crippen molar-refractivity contribution in [3.05, 3.63) is 123 Å². The second-order valence-corrected chi connectivity index (χ2v) is 8.74. The SMILES string of the molecule is Cc1[c-]c(C)c(C)c(C)c1C.Cc1[c-]c(C)c(C)c(O)c1C.Oc1cc[c-]cc1.Oc1cc[c-]cc1.[W+2].[W+2]. The van der Waals surface area contributed by atoms with Crippen molar-refractivity contribution >= 4 is 0 Å². The van der Waals surface area contributed by atoms with Crippen LogP contribution < -0.4 is 0 Å². The summed E-state index contributed by atoms with van der Waals surface area (Å²) in [5, 5.41) is 26.8. The van der Waals surface area contributed by atoms with Gasteiger partial charge in [-0.3, -0.25) is 0 Å². The summed E-state index contributed by atoms with van der Waals surface area (Å²) in [5.41, 5.74) is 10.7. The summed E-state index contributed by atoms with van der Waals surface area (Å²) >= 11 is 0. The quantitative estimate of drug-likeness (QED) is 0.158. The third-order valence-electron chi connectivity index (χ3n) is 6.24. The maximum atomic E-state index is 9.55. The molecule has 3 N–H and O–H groups in total. The van der Waals surface area contributed by atoms with Crippen molar-refractivity contribution in [2.24, 2.45) is 0 Å². The van der Waals surface area contributed by atoms with Gasteiger partial charge >= 0.3 is 42.1 Å². The number of phenolic OH excluding ortho intramolecular Hbond substituents is 3. The molecule has 38 heavy (non-hydrogen) atoms. The number of phenols is 3. The molecule has 0 atom stereocenters. The van der Waals surface area contributed by atoms with E-state index >= 15 is 0 Å². The molecule has 4 aromatic carbocycles. The van der Waals surface area contributed by atoms with Crippen LogP contribution in [-0.2, 0) is 42.1 Å². The third kappa shape index (κ3) is 12.5. The molecule has 0 aliphatic rings. The minimum absolute atomic E-state index is 0. The standard InChI is InChI=1S/C11H15.C10H13O.2C6H5O.2W/c1-7-6-8(2)10(4)11(5)9(7)3;1-6-5-7(2)9(4)10(11)8(6)3;2*7-6-4-2-1-3-5-6;;/h1-5H3;11H,1-4H3;2*2-5,7H;;/q4*-1;2*+2. The van der Waals surface area contributed by atoms with Crippen molar-refractivity contribution in [3.63, 3.8) is 0 Å². The molecule has 4 rings (SSSR count). The topological polar surface area (TPSA) is 60.7 Å². The van der Waals surface area contributed by atoms with Gasteiger partial charge in [0.25, 0.3) is 0 Å². The van der Waals surface area contributed by atoms with Gasteiger partial charge in [-0.25, -0.2) is 0 Å². The van der Waals surface area contributed by atoms with Crippen LogP contribution in [0.1, 0.15) is 50.1 Å². The Bertz CT molecular complexity index is 1090. The Labute approximate surface area is 258 Å². The Morgan fingerprint density at radius 2 is 0.684 bits per heavy atom. The molecule has 0 amide bonds. The molecule has 0 aliphatic carbocycles. The van der Waals surface area contributed by atoms with Gasteiger partial charge in [0.15, 0.2) is 0 Å². The van der Waals surface area contributed by atoms with Crippen molar-refractivity contribution in [3.8, 4) is 17.2 Å². The van der Waals surface area contributed by atoms with Crippen LogP contribution in [0.4, 0.5) is 0 Å². The van der Waals surface area contributed by atoms with E-state index in [-0.39, 0.29) is 42.1 Å². The Hall–Kier alpha value is -2.34. The van der Waals surface area contributed by atoms with Crippen LogP contribution in [0.5, 0.6) is 17.2 Å². The molecule has 0 saturated heterocycles. The monoisotopic (exact) mass is 850 g/mol. The predicted octanol–water partition coefficient (Wildman–Crippen LogP) is 7.83. The summed E-state index contributed by atoms with van der Waals surface area (Å²) < 4.78 is 0. The van der Waals surface area contributed by atoms with E-state index in [0.29, 0.717) is 17.2 Å². The summed E-state index contributed by atoms with van der Waals surface area (Å²) in [7, 11) is 0. The van der Waals surface area contributed by atoms with E-state index in [2.05, 4.69) is 58.9 Å². The first kappa shape index (κ1) is 37.8. The van der Waals surface area contributed by atoms with Gasteiger partial charge in [0.05, 0.1) is 0 Å². The van der Waals surface area contributed by atoms with Gasteiger partial charge in [-0.05, 0) is 0 Å². The molecule has 3 nitrogen and oxygen atoms in total. The molecule has 0 heterocycles. The van der Waals surface area contributed by atoms with Crippen LogP contribution in [-0.4, -0.2) is 15.3 Å². The first-order chi connectivity index (χ1) is 16.9. The van der Waals surface area contributed by atoms with Crippen LogP contribution in [0.15, 0.2) is 48.5 Å². The molecule has 5 heteroatoms. The van der Waals surface area contributed by atoms with Gasteiger partial charge in [-0.2, -0.15) is 87.5 Å². The molecule has 0 unspecified atom stereocenters. The van der Waals surface area contributed by atoms with Gasteiger partial charge in [-0.1, -0.05) is 62.3 Å². The molecule has 0 radical (unpaired) electrons. The first-order valence-corrected chi connectivity index (χ1v) is 11.8. The number of hydrogen-bond acceptors (Lipinski definition) is 3. The summed E-state index contributed by atoms with van der Waals surface area (Å²) in [4.78, 5) is 0. The molecule has 200 valence electrons. The van der Waals surface area contributed by atoms with Gasteiger partial charge < -0.3 is 15.3 Å². The van der Waals surface area contributed by atoms with Gasteiger partial charge in [0, 0.05) is 17.2 Å². The normalized spacial score (nSPS) is 9.08. The minimum atomic E-state index is 0. The Balaban J connectivity index is 0. The number of aromatic hydroxyl groups is 3. The third-order valence-corrected chi connectivity index (χ3v) is 6.24. The van der Waals surface area contributed by atoms with E-state index in [1.807, 2.05) is 27.7 Å². The maximum absolute atomic E-state index is 9.55. The number of aryl methyl sites for hydroxylation is 4. The van der Waals surface area contributed by atoms with Crippen LogP contribution in [0.3, 0.4) is 0 Å². The smallest absolute Gasteiger partial charge is 0.533 e. The van der Waals surface area contributed by atoms with Crippen molar-refractivity contribution in [1.29, 1.82) is 0 Å². The number of rotatable bonds is 0. The van der Waals surface area contributed by atoms with Crippen LogP contribution in [0, 0.1) is 86.6 Å². The Kier molecular flexibility index (Phi) is 18.7. The van der Waals surface area contributed by atoms with E-state index < -0.39 is 0 Å². The molecule has 0 fully saturated rings. The fraction of sp³-hybridized carbons (Fsp3) is 0.273. The van der Waals surface area contributed by atoms with Gasteiger partial charge in [0.1, 0.15) is 0 Å². The summed E-state index contributed by atoms with van der Waals surface area (Å²) in [6, 6.07) is 25.1. The van der Waals surface area contributed by atoms with Crippen molar-refractivity contribution < 1.29 is 57.5 Å². The minimum Gasteiger partial charge on any atom is -0.533 e. The zero-order valence-electron chi connectivity index (χ0n) is 23.8. The zero-order chi connectivity index (χ0) is 27.4. The molecular weight excluding hydrogens is 812 g/mol. The van der Waals surface area contributed by atoms with Crippen LogP contribution >= 0.6 is 0 Å². The fourth-order valence-electron chi connectivity index (χ4n) is 3.17. The van der Waals surface area contributed by atoms with E-state index in [4.69, 9.17) is 10.2 Å².